The van der Waals surface area contributed by atoms with Crippen LogP contribution in [0.1, 0.15) is 31.4 Å². The molecular weight excluding hydrogens is 290 g/mol. The van der Waals surface area contributed by atoms with Gasteiger partial charge in [0.05, 0.1) is 16.8 Å². The van der Waals surface area contributed by atoms with Crippen molar-refractivity contribution in [3.05, 3.63) is 22.7 Å². The van der Waals surface area contributed by atoms with Crippen LogP contribution in [-0.2, 0) is 4.79 Å². The Morgan fingerprint density at radius 2 is 2.33 bits per heavy atom. The maximum Gasteiger partial charge on any atom is 0.246 e. The number of rotatable bonds is 3. The molecule has 0 radical (unpaired) electrons. The molecule has 6 heteroatoms. The van der Waals surface area contributed by atoms with E-state index in [0.29, 0.717) is 11.6 Å². The summed E-state index contributed by atoms with van der Waals surface area (Å²) in [4.78, 5) is 14.1. The predicted molar refractivity (Wildman–Crippen MR) is 84.0 cm³/mol. The number of aliphatic hydroxyl groups is 1. The number of nitrogens with one attached hydrogen (secondary N) is 2. The van der Waals surface area contributed by atoms with E-state index in [-0.39, 0.29) is 18.1 Å². The quantitative estimate of drug-likeness (QED) is 0.798. The van der Waals surface area contributed by atoms with E-state index in [1.54, 1.807) is 0 Å². The van der Waals surface area contributed by atoms with Crippen molar-refractivity contribution < 1.29 is 9.90 Å². The van der Waals surface area contributed by atoms with E-state index in [0.717, 1.165) is 42.9 Å². The maximum atomic E-state index is 12.0. The Balaban J connectivity index is 1.92. The number of carbonyl (C=O) groups excluding carboxylic acids is 1. The Bertz CT molecular complexity index is 564. The van der Waals surface area contributed by atoms with E-state index < -0.39 is 0 Å². The van der Waals surface area contributed by atoms with Gasteiger partial charge in [-0.25, -0.2) is 0 Å². The number of benzene rings is 1. The molecule has 2 unspecified atom stereocenters. The second-order valence-electron chi connectivity index (χ2n) is 5.61. The van der Waals surface area contributed by atoms with Gasteiger partial charge >= 0.3 is 0 Å². The molecule has 114 valence electrons. The third-order valence-corrected chi connectivity index (χ3v) is 4.40. The first-order valence-electron chi connectivity index (χ1n) is 7.41. The zero-order chi connectivity index (χ0) is 15.0. The fourth-order valence-corrected chi connectivity index (χ4v) is 3.38. The van der Waals surface area contributed by atoms with Gasteiger partial charge in [0.25, 0.3) is 0 Å². The molecule has 0 saturated carbocycles. The van der Waals surface area contributed by atoms with E-state index in [1.165, 1.54) is 0 Å². The fraction of sp³-hybridized carbons (Fsp3) is 0.533. The number of hydrogen-bond donors (Lipinski definition) is 3. The monoisotopic (exact) mass is 309 g/mol. The Morgan fingerprint density at radius 1 is 1.52 bits per heavy atom. The standard InChI is InChI=1S/C15H20ClN3O2/c1-2-17-14-10-6-11(16)13(7-12(10)18-15(14)21)19-5-3-4-9(20)8-19/h6-7,9,14,17,20H,2-5,8H2,1H3,(H,18,21). The molecule has 1 aromatic rings. The Kier molecular flexibility index (Phi) is 4.06. The average molecular weight is 310 g/mol. The molecule has 2 atom stereocenters. The van der Waals surface area contributed by atoms with Crippen LogP contribution in [0, 0.1) is 0 Å². The van der Waals surface area contributed by atoms with Gasteiger partial charge in [0.2, 0.25) is 5.91 Å². The summed E-state index contributed by atoms with van der Waals surface area (Å²) < 4.78 is 0. The summed E-state index contributed by atoms with van der Waals surface area (Å²) in [5.74, 6) is -0.0428. The van der Waals surface area contributed by atoms with Crippen LogP contribution in [0.5, 0.6) is 0 Å². The van der Waals surface area contributed by atoms with E-state index in [2.05, 4.69) is 15.5 Å². The summed E-state index contributed by atoms with van der Waals surface area (Å²) in [6, 6.07) is 3.45. The van der Waals surface area contributed by atoms with Crippen LogP contribution in [0.2, 0.25) is 5.02 Å². The van der Waals surface area contributed by atoms with Crippen LogP contribution in [0.3, 0.4) is 0 Å². The van der Waals surface area contributed by atoms with Gasteiger partial charge in [-0.15, -0.1) is 0 Å². The summed E-state index contributed by atoms with van der Waals surface area (Å²) in [5.41, 5.74) is 2.59. The van der Waals surface area contributed by atoms with Gasteiger partial charge in [0.15, 0.2) is 0 Å². The summed E-state index contributed by atoms with van der Waals surface area (Å²) in [5, 5.41) is 16.5. The molecule has 1 fully saturated rings. The molecule has 3 N–H and O–H groups in total. The highest BCUT2D eigenvalue weighted by atomic mass is 35.5. The molecule has 0 spiro atoms. The smallest absolute Gasteiger partial charge is 0.246 e. The van der Waals surface area contributed by atoms with Crippen molar-refractivity contribution >= 4 is 28.9 Å². The van der Waals surface area contributed by atoms with Crippen molar-refractivity contribution in [2.75, 3.05) is 29.9 Å². The number of fused-ring (bicyclic) bond motifs is 1. The number of anilines is 2. The Labute approximate surface area is 129 Å². The number of likely N-dealkylation sites (N-methyl/N-ethyl adjacent to an activating group) is 1. The van der Waals surface area contributed by atoms with Gasteiger partial charge in [0, 0.05) is 24.3 Å². The zero-order valence-corrected chi connectivity index (χ0v) is 12.8. The second kappa shape index (κ2) is 5.83. The number of carbonyl (C=O) groups is 1. The van der Waals surface area contributed by atoms with Gasteiger partial charge < -0.3 is 20.6 Å². The number of nitrogens with zero attached hydrogens (tertiary/aromatic N) is 1. The van der Waals surface area contributed by atoms with Crippen molar-refractivity contribution in [1.29, 1.82) is 0 Å². The van der Waals surface area contributed by atoms with Gasteiger partial charge in [0.1, 0.15) is 6.04 Å². The average Bonchev–Trinajstić information content (AvgIpc) is 2.74. The molecule has 3 rings (SSSR count). The zero-order valence-electron chi connectivity index (χ0n) is 12.0. The fourth-order valence-electron chi connectivity index (χ4n) is 3.09. The number of hydrogen-bond acceptors (Lipinski definition) is 4. The van der Waals surface area contributed by atoms with E-state index in [1.807, 2.05) is 19.1 Å². The maximum absolute atomic E-state index is 12.0. The van der Waals surface area contributed by atoms with Gasteiger partial charge in [-0.05, 0) is 31.5 Å². The van der Waals surface area contributed by atoms with Gasteiger partial charge in [-0.3, -0.25) is 4.79 Å². The van der Waals surface area contributed by atoms with Crippen LogP contribution >= 0.6 is 11.6 Å². The lowest BCUT2D eigenvalue weighted by Crippen LogP contribution is -2.38. The molecule has 0 aliphatic carbocycles. The number of halogens is 1. The number of aliphatic hydroxyl groups excluding tert-OH is 1. The summed E-state index contributed by atoms with van der Waals surface area (Å²) in [6.07, 6.45) is 1.46. The van der Waals surface area contributed by atoms with Crippen LogP contribution in [0.25, 0.3) is 0 Å². The first-order chi connectivity index (χ1) is 10.1. The predicted octanol–water partition coefficient (Wildman–Crippen LogP) is 1.90. The normalized spacial score (nSPS) is 24.9. The number of amides is 1. The molecule has 1 aromatic carbocycles. The molecule has 2 aliphatic rings. The highest BCUT2D eigenvalue weighted by Crippen LogP contribution is 2.39. The minimum absolute atomic E-state index is 0.0428. The Morgan fingerprint density at radius 3 is 3.05 bits per heavy atom. The van der Waals surface area contributed by atoms with Gasteiger partial charge in [-0.2, -0.15) is 0 Å². The van der Waals surface area contributed by atoms with E-state index >= 15 is 0 Å². The van der Waals surface area contributed by atoms with Crippen molar-refractivity contribution in [2.24, 2.45) is 0 Å². The minimum atomic E-state index is -0.330. The molecule has 1 saturated heterocycles. The first-order valence-corrected chi connectivity index (χ1v) is 7.78. The SMILES string of the molecule is CCNC1C(=O)Nc2cc(N3CCCC(O)C3)c(Cl)cc21. The van der Waals surface area contributed by atoms with Crippen LogP contribution < -0.4 is 15.5 Å². The third-order valence-electron chi connectivity index (χ3n) is 4.10. The lowest BCUT2D eigenvalue weighted by molar-refractivity contribution is -0.117. The highest BCUT2D eigenvalue weighted by molar-refractivity contribution is 6.33. The third kappa shape index (κ3) is 2.73. The molecule has 1 amide bonds. The van der Waals surface area contributed by atoms with Crippen molar-refractivity contribution in [1.82, 2.24) is 5.32 Å². The van der Waals surface area contributed by atoms with Gasteiger partial charge in [-0.1, -0.05) is 18.5 Å². The Hall–Kier alpha value is -1.30. The molecule has 2 aliphatic heterocycles. The van der Waals surface area contributed by atoms with Crippen molar-refractivity contribution in [3.8, 4) is 0 Å². The first kappa shape index (κ1) is 14.6. The minimum Gasteiger partial charge on any atom is -0.391 e. The molecular formula is C15H20ClN3O2. The summed E-state index contributed by atoms with van der Waals surface area (Å²) >= 11 is 6.41. The van der Waals surface area contributed by atoms with Crippen molar-refractivity contribution in [2.45, 2.75) is 31.9 Å². The molecule has 21 heavy (non-hydrogen) atoms. The molecule has 2 heterocycles. The molecule has 0 bridgehead atoms. The summed E-state index contributed by atoms with van der Waals surface area (Å²) in [6.45, 7) is 4.15. The lowest BCUT2D eigenvalue weighted by atomic mass is 10.0. The van der Waals surface area contributed by atoms with Crippen LogP contribution in [-0.4, -0.2) is 36.8 Å². The van der Waals surface area contributed by atoms with E-state index in [4.69, 9.17) is 11.6 Å². The van der Waals surface area contributed by atoms with E-state index in [9.17, 15) is 9.90 Å². The number of piperidine rings is 1. The lowest BCUT2D eigenvalue weighted by Gasteiger charge is -2.32. The number of β-amino-alcohol motifs (C(OH)–C–C–N with tert-alkyl or cyclic N) is 1. The van der Waals surface area contributed by atoms with Crippen molar-refractivity contribution in [3.63, 3.8) is 0 Å². The topological polar surface area (TPSA) is 64.6 Å². The van der Waals surface area contributed by atoms with Crippen LogP contribution in [0.4, 0.5) is 11.4 Å². The largest absolute Gasteiger partial charge is 0.391 e. The van der Waals surface area contributed by atoms with Crippen LogP contribution in [0.15, 0.2) is 12.1 Å². The molecule has 0 aromatic heterocycles. The summed E-state index contributed by atoms with van der Waals surface area (Å²) in [7, 11) is 0. The highest BCUT2D eigenvalue weighted by Gasteiger charge is 2.32. The second-order valence-corrected chi connectivity index (χ2v) is 6.02. The molecule has 5 nitrogen and oxygen atoms in total.